The average molecular weight is 564 g/mol. The standard InChI is InChI=1S/C29H42FN3O5S/c1-2-8-22-17-24(28(30)26(19-22)33-13-6-7-16-39(33,36)37)29(35)32-25(18-21-9-4-3-5-10-21)27(34)20-31-23-11-14-38-15-12-23/h3-5,9-10,17,19,23,25,27,31,34,36-37H,2,6-8,11-16,18,20H2,1H3,(H,32,35)/t25-,27-/m0/s1. The first-order valence-electron chi connectivity index (χ1n) is 14.0. The fourth-order valence-corrected chi connectivity index (χ4v) is 6.94. The summed E-state index contributed by atoms with van der Waals surface area (Å²) in [6.07, 6.45) is 3.95. The van der Waals surface area contributed by atoms with E-state index >= 15 is 4.39 Å². The molecule has 4 rings (SSSR count). The predicted octanol–water partition coefficient (Wildman–Crippen LogP) is 4.51. The van der Waals surface area contributed by atoms with Gasteiger partial charge in [-0.05, 0) is 61.8 Å². The monoisotopic (exact) mass is 563 g/mol. The summed E-state index contributed by atoms with van der Waals surface area (Å²) in [6, 6.07) is 12.3. The number of nitrogens with one attached hydrogen (secondary N) is 2. The minimum atomic E-state index is -3.16. The van der Waals surface area contributed by atoms with Crippen molar-refractivity contribution in [1.82, 2.24) is 10.6 Å². The topological polar surface area (TPSA) is 114 Å². The molecule has 5 N–H and O–H groups in total. The molecule has 2 heterocycles. The largest absolute Gasteiger partial charge is 0.390 e. The van der Waals surface area contributed by atoms with Crippen LogP contribution < -0.4 is 14.9 Å². The van der Waals surface area contributed by atoms with Gasteiger partial charge in [0.05, 0.1) is 29.1 Å². The quantitative estimate of drug-likeness (QED) is 0.273. The maximum Gasteiger partial charge on any atom is 0.254 e. The van der Waals surface area contributed by atoms with E-state index in [2.05, 4.69) is 10.6 Å². The van der Waals surface area contributed by atoms with E-state index in [0.717, 1.165) is 30.4 Å². The van der Waals surface area contributed by atoms with Crippen LogP contribution >= 0.6 is 10.8 Å². The number of aryl methyl sites for hydroxylation is 1. The summed E-state index contributed by atoms with van der Waals surface area (Å²) in [4.78, 5) is 13.6. The average Bonchev–Trinajstić information content (AvgIpc) is 2.93. The second kappa shape index (κ2) is 13.9. The van der Waals surface area contributed by atoms with Crippen molar-refractivity contribution < 1.29 is 28.1 Å². The van der Waals surface area contributed by atoms with E-state index in [-0.39, 0.29) is 29.6 Å². The van der Waals surface area contributed by atoms with E-state index in [1.807, 2.05) is 37.3 Å². The number of hydrogen-bond acceptors (Lipinski definition) is 7. The molecule has 2 aromatic carbocycles. The second-order valence-corrected chi connectivity index (χ2v) is 12.6. The van der Waals surface area contributed by atoms with Crippen LogP contribution in [0.5, 0.6) is 0 Å². The fourth-order valence-electron chi connectivity index (χ4n) is 5.26. The molecule has 0 radical (unpaired) electrons. The Kier molecular flexibility index (Phi) is 10.6. The fraction of sp³-hybridized carbons (Fsp3) is 0.552. The number of nitrogens with zero attached hydrogens (tertiary/aromatic N) is 1. The SMILES string of the molecule is CCCc1cc(C(=O)N[C@@H](Cc2ccccc2)[C@@H](O)CNC2CCOCC2)c(F)c(N2CCCCS2(O)O)c1. The summed E-state index contributed by atoms with van der Waals surface area (Å²) in [6.45, 7) is 3.93. The Morgan fingerprint density at radius 3 is 2.59 bits per heavy atom. The number of ether oxygens (including phenoxy) is 1. The lowest BCUT2D eigenvalue weighted by molar-refractivity contribution is 0.0656. The zero-order chi connectivity index (χ0) is 27.8. The Bertz CT molecular complexity index is 1080. The molecule has 0 spiro atoms. The Balaban J connectivity index is 1.58. The van der Waals surface area contributed by atoms with Crippen molar-refractivity contribution >= 4 is 22.4 Å². The second-order valence-electron chi connectivity index (χ2n) is 10.5. The molecule has 0 aromatic heterocycles. The Morgan fingerprint density at radius 2 is 1.90 bits per heavy atom. The maximum absolute atomic E-state index is 15.9. The van der Waals surface area contributed by atoms with Crippen molar-refractivity contribution in [2.45, 2.75) is 70.1 Å². The van der Waals surface area contributed by atoms with Crippen LogP contribution in [0.4, 0.5) is 10.1 Å². The highest BCUT2D eigenvalue weighted by molar-refractivity contribution is 8.25. The van der Waals surface area contributed by atoms with Gasteiger partial charge in [-0.15, -0.1) is 10.8 Å². The van der Waals surface area contributed by atoms with Crippen LogP contribution in [0.1, 0.15) is 60.5 Å². The first-order valence-corrected chi connectivity index (χ1v) is 15.7. The molecule has 2 fully saturated rings. The van der Waals surface area contributed by atoms with Crippen molar-refractivity contribution in [3.05, 3.63) is 65.0 Å². The van der Waals surface area contributed by atoms with E-state index in [0.29, 0.717) is 45.4 Å². The summed E-state index contributed by atoms with van der Waals surface area (Å²) in [7, 11) is -3.16. The van der Waals surface area contributed by atoms with E-state index < -0.39 is 34.6 Å². The van der Waals surface area contributed by atoms with E-state index in [9.17, 15) is 19.0 Å². The maximum atomic E-state index is 15.9. The van der Waals surface area contributed by atoms with Crippen LogP contribution in [0.2, 0.25) is 0 Å². The number of anilines is 1. The van der Waals surface area contributed by atoms with Crippen LogP contribution in [0.15, 0.2) is 42.5 Å². The molecule has 0 aliphatic carbocycles. The molecule has 216 valence electrons. The highest BCUT2D eigenvalue weighted by atomic mass is 32.3. The molecule has 0 bridgehead atoms. The number of aliphatic hydroxyl groups excluding tert-OH is 1. The molecule has 2 atom stereocenters. The van der Waals surface area contributed by atoms with Gasteiger partial charge in [0.15, 0.2) is 5.82 Å². The predicted molar refractivity (Wildman–Crippen MR) is 154 cm³/mol. The third-order valence-corrected chi connectivity index (χ3v) is 9.39. The van der Waals surface area contributed by atoms with Gasteiger partial charge in [-0.25, -0.2) is 4.39 Å². The van der Waals surface area contributed by atoms with Crippen molar-refractivity contribution in [2.24, 2.45) is 0 Å². The molecule has 0 unspecified atom stereocenters. The van der Waals surface area contributed by atoms with Gasteiger partial charge in [0.25, 0.3) is 5.91 Å². The van der Waals surface area contributed by atoms with Gasteiger partial charge in [0, 0.05) is 32.3 Å². The third kappa shape index (κ3) is 7.93. The molecular weight excluding hydrogens is 521 g/mol. The zero-order valence-electron chi connectivity index (χ0n) is 22.7. The lowest BCUT2D eigenvalue weighted by Gasteiger charge is -2.47. The van der Waals surface area contributed by atoms with Gasteiger partial charge >= 0.3 is 0 Å². The van der Waals surface area contributed by atoms with Crippen LogP contribution in [-0.2, 0) is 17.6 Å². The molecule has 0 saturated carbocycles. The molecule has 10 heteroatoms. The number of amides is 1. The first-order chi connectivity index (χ1) is 18.8. The third-order valence-electron chi connectivity index (χ3n) is 7.46. The molecule has 1 amide bonds. The van der Waals surface area contributed by atoms with Crippen molar-refractivity contribution in [3.63, 3.8) is 0 Å². The van der Waals surface area contributed by atoms with Gasteiger partial charge in [-0.1, -0.05) is 43.7 Å². The minimum absolute atomic E-state index is 0.0483. The van der Waals surface area contributed by atoms with Crippen molar-refractivity contribution in [1.29, 1.82) is 0 Å². The van der Waals surface area contributed by atoms with Gasteiger partial charge in [-0.3, -0.25) is 18.2 Å². The molecular formula is C29H42FN3O5S. The highest BCUT2D eigenvalue weighted by Crippen LogP contribution is 2.50. The Morgan fingerprint density at radius 1 is 1.15 bits per heavy atom. The van der Waals surface area contributed by atoms with Crippen LogP contribution in [-0.4, -0.2) is 70.4 Å². The first kappa shape index (κ1) is 29.8. The van der Waals surface area contributed by atoms with Crippen molar-refractivity contribution in [2.75, 3.05) is 36.4 Å². The van der Waals surface area contributed by atoms with Crippen LogP contribution in [0, 0.1) is 5.82 Å². The lowest BCUT2D eigenvalue weighted by atomic mass is 9.99. The normalized spacial score (nSPS) is 20.3. The summed E-state index contributed by atoms with van der Waals surface area (Å²) >= 11 is 0. The minimum Gasteiger partial charge on any atom is -0.390 e. The number of carbonyl (C=O) groups is 1. The molecule has 8 nitrogen and oxygen atoms in total. The van der Waals surface area contributed by atoms with Gasteiger partial charge in [-0.2, -0.15) is 0 Å². The molecule has 2 aliphatic heterocycles. The van der Waals surface area contributed by atoms with E-state index in [1.165, 1.54) is 4.31 Å². The Labute approximate surface area is 232 Å². The van der Waals surface area contributed by atoms with E-state index in [4.69, 9.17) is 4.74 Å². The summed E-state index contributed by atoms with van der Waals surface area (Å²) < 4.78 is 44.0. The van der Waals surface area contributed by atoms with Gasteiger partial charge in [0.2, 0.25) is 0 Å². The number of benzene rings is 2. The van der Waals surface area contributed by atoms with E-state index in [1.54, 1.807) is 12.1 Å². The van der Waals surface area contributed by atoms with Gasteiger partial charge < -0.3 is 20.5 Å². The Hall–Kier alpha value is -2.21. The number of halogens is 1. The number of hydrogen-bond donors (Lipinski definition) is 5. The van der Waals surface area contributed by atoms with Crippen LogP contribution in [0.3, 0.4) is 0 Å². The van der Waals surface area contributed by atoms with Crippen LogP contribution in [0.25, 0.3) is 0 Å². The summed E-state index contributed by atoms with van der Waals surface area (Å²) in [5.74, 6) is -1.23. The zero-order valence-corrected chi connectivity index (χ0v) is 23.5. The summed E-state index contributed by atoms with van der Waals surface area (Å²) in [5.41, 5.74) is 1.59. The smallest absolute Gasteiger partial charge is 0.254 e. The number of aliphatic hydroxyl groups is 1. The summed E-state index contributed by atoms with van der Waals surface area (Å²) in [5, 5.41) is 17.4. The molecule has 2 saturated heterocycles. The molecule has 2 aromatic rings. The van der Waals surface area contributed by atoms with Crippen molar-refractivity contribution in [3.8, 4) is 0 Å². The lowest BCUT2D eigenvalue weighted by Crippen LogP contribution is -2.50. The molecule has 39 heavy (non-hydrogen) atoms. The number of carbonyl (C=O) groups excluding carboxylic acids is 1. The number of rotatable bonds is 11. The highest BCUT2D eigenvalue weighted by Gasteiger charge is 2.32. The van der Waals surface area contributed by atoms with Gasteiger partial charge in [0.1, 0.15) is 0 Å². The molecule has 2 aliphatic rings.